The monoisotopic (exact) mass is 246 g/mol. The van der Waals surface area contributed by atoms with Crippen LogP contribution >= 0.6 is 0 Å². The molecule has 1 heterocycles. The van der Waals surface area contributed by atoms with Crippen LogP contribution in [-0.4, -0.2) is 16.9 Å². The van der Waals surface area contributed by atoms with Crippen molar-refractivity contribution in [1.82, 2.24) is 9.78 Å². The Morgan fingerprint density at radius 2 is 2.06 bits per heavy atom. The number of nitrogen functional groups attached to an aromatic ring is 1. The van der Waals surface area contributed by atoms with Gasteiger partial charge in [-0.25, -0.2) is 0 Å². The van der Waals surface area contributed by atoms with Crippen LogP contribution in [0.1, 0.15) is 11.3 Å². The zero-order valence-electron chi connectivity index (χ0n) is 11.1. The van der Waals surface area contributed by atoms with Crippen molar-refractivity contribution >= 4 is 17.2 Å². The van der Waals surface area contributed by atoms with E-state index < -0.39 is 0 Å². The van der Waals surface area contributed by atoms with Gasteiger partial charge < -0.3 is 15.8 Å². The summed E-state index contributed by atoms with van der Waals surface area (Å²) >= 11 is 0. The van der Waals surface area contributed by atoms with Crippen LogP contribution < -0.4 is 15.8 Å². The normalized spacial score (nSPS) is 10.4. The highest BCUT2D eigenvalue weighted by molar-refractivity contribution is 5.74. The van der Waals surface area contributed by atoms with Gasteiger partial charge in [-0.1, -0.05) is 6.07 Å². The van der Waals surface area contributed by atoms with Gasteiger partial charge in [0.25, 0.3) is 0 Å². The first kappa shape index (κ1) is 12.3. The molecule has 3 N–H and O–H groups in total. The van der Waals surface area contributed by atoms with Crippen LogP contribution in [0, 0.1) is 13.8 Å². The fourth-order valence-corrected chi connectivity index (χ4v) is 1.87. The number of ether oxygens (including phenoxy) is 1. The molecule has 0 unspecified atom stereocenters. The van der Waals surface area contributed by atoms with E-state index in [0.29, 0.717) is 5.69 Å². The lowest BCUT2D eigenvalue weighted by molar-refractivity contribution is 0.416. The molecule has 0 aliphatic heterocycles. The molecule has 5 heteroatoms. The Morgan fingerprint density at radius 1 is 1.33 bits per heavy atom. The van der Waals surface area contributed by atoms with E-state index in [4.69, 9.17) is 10.5 Å². The zero-order valence-corrected chi connectivity index (χ0v) is 11.1. The number of rotatable bonds is 3. The third-order valence-electron chi connectivity index (χ3n) is 2.88. The molecule has 2 aromatic rings. The van der Waals surface area contributed by atoms with Gasteiger partial charge in [-0.05, 0) is 31.5 Å². The van der Waals surface area contributed by atoms with Crippen LogP contribution in [-0.2, 0) is 7.05 Å². The molecule has 0 aliphatic carbocycles. The van der Waals surface area contributed by atoms with Crippen LogP contribution in [0.3, 0.4) is 0 Å². The summed E-state index contributed by atoms with van der Waals surface area (Å²) in [6.07, 6.45) is 0. The van der Waals surface area contributed by atoms with Gasteiger partial charge >= 0.3 is 0 Å². The second kappa shape index (κ2) is 4.60. The van der Waals surface area contributed by atoms with Gasteiger partial charge in [-0.3, -0.25) is 4.68 Å². The van der Waals surface area contributed by atoms with Gasteiger partial charge in [0.1, 0.15) is 5.75 Å². The molecule has 18 heavy (non-hydrogen) atoms. The molecule has 0 saturated carbocycles. The van der Waals surface area contributed by atoms with Gasteiger partial charge in [0.15, 0.2) is 5.82 Å². The Labute approximate surface area is 107 Å². The first-order valence-corrected chi connectivity index (χ1v) is 5.73. The third-order valence-corrected chi connectivity index (χ3v) is 2.88. The summed E-state index contributed by atoms with van der Waals surface area (Å²) < 4.78 is 7.05. The van der Waals surface area contributed by atoms with Gasteiger partial charge in [0.2, 0.25) is 0 Å². The molecule has 0 fully saturated rings. The summed E-state index contributed by atoms with van der Waals surface area (Å²) in [6.45, 7) is 3.91. The number of benzene rings is 1. The van der Waals surface area contributed by atoms with Crippen LogP contribution in [0.2, 0.25) is 0 Å². The molecule has 96 valence electrons. The number of hydrogen-bond acceptors (Lipinski definition) is 4. The number of methoxy groups -OCH3 is 1. The van der Waals surface area contributed by atoms with Crippen LogP contribution in [0.4, 0.5) is 17.2 Å². The van der Waals surface area contributed by atoms with Crippen molar-refractivity contribution in [3.05, 3.63) is 29.5 Å². The average molecular weight is 246 g/mol. The second-order valence-corrected chi connectivity index (χ2v) is 4.30. The van der Waals surface area contributed by atoms with Gasteiger partial charge in [0, 0.05) is 7.05 Å². The zero-order chi connectivity index (χ0) is 13.3. The molecule has 2 rings (SSSR count). The summed E-state index contributed by atoms with van der Waals surface area (Å²) in [7, 11) is 3.50. The van der Waals surface area contributed by atoms with E-state index in [0.717, 1.165) is 28.5 Å². The van der Waals surface area contributed by atoms with Crippen LogP contribution in [0.5, 0.6) is 5.75 Å². The molecule has 0 bridgehead atoms. The molecule has 1 aromatic heterocycles. The molecule has 0 spiro atoms. The molecule has 0 amide bonds. The highest BCUT2D eigenvalue weighted by Gasteiger charge is 2.12. The molecule has 0 atom stereocenters. The summed E-state index contributed by atoms with van der Waals surface area (Å²) in [5.74, 6) is 1.55. The van der Waals surface area contributed by atoms with Crippen molar-refractivity contribution in [2.24, 2.45) is 7.05 Å². The minimum atomic E-state index is 0.654. The summed E-state index contributed by atoms with van der Waals surface area (Å²) in [5, 5.41) is 7.55. The number of aryl methyl sites for hydroxylation is 3. The van der Waals surface area contributed by atoms with Crippen molar-refractivity contribution in [1.29, 1.82) is 0 Å². The lowest BCUT2D eigenvalue weighted by Crippen LogP contribution is -2.03. The van der Waals surface area contributed by atoms with Gasteiger partial charge in [0.05, 0.1) is 24.2 Å². The van der Waals surface area contributed by atoms with Crippen molar-refractivity contribution in [2.45, 2.75) is 13.8 Å². The minimum absolute atomic E-state index is 0.654. The Hall–Kier alpha value is -2.17. The van der Waals surface area contributed by atoms with Crippen molar-refractivity contribution < 1.29 is 4.74 Å². The number of anilines is 3. The van der Waals surface area contributed by atoms with Gasteiger partial charge in [-0.15, -0.1) is 0 Å². The van der Waals surface area contributed by atoms with E-state index in [1.807, 2.05) is 39.1 Å². The molecular formula is C13H18N4O. The quantitative estimate of drug-likeness (QED) is 0.872. The lowest BCUT2D eigenvalue weighted by atomic mass is 10.2. The predicted octanol–water partition coefficient (Wildman–Crippen LogP) is 2.37. The largest absolute Gasteiger partial charge is 0.495 e. The Morgan fingerprint density at radius 3 is 2.61 bits per heavy atom. The Balaban J connectivity index is 2.42. The maximum absolute atomic E-state index is 5.99. The highest BCUT2D eigenvalue weighted by Crippen LogP contribution is 2.31. The van der Waals surface area contributed by atoms with E-state index in [1.54, 1.807) is 11.8 Å². The molecule has 5 nitrogen and oxygen atoms in total. The average Bonchev–Trinajstić information content (AvgIpc) is 2.56. The molecule has 0 radical (unpaired) electrons. The van der Waals surface area contributed by atoms with Crippen LogP contribution in [0.25, 0.3) is 0 Å². The second-order valence-electron chi connectivity index (χ2n) is 4.30. The summed E-state index contributed by atoms with van der Waals surface area (Å²) in [4.78, 5) is 0. The molecular weight excluding hydrogens is 228 g/mol. The van der Waals surface area contributed by atoms with E-state index >= 15 is 0 Å². The van der Waals surface area contributed by atoms with Crippen molar-refractivity contribution in [3.63, 3.8) is 0 Å². The summed E-state index contributed by atoms with van der Waals surface area (Å²) in [6, 6.07) is 5.94. The van der Waals surface area contributed by atoms with Crippen molar-refractivity contribution in [2.75, 3.05) is 18.2 Å². The Bertz CT molecular complexity index is 575. The number of nitrogens with zero attached hydrogens (tertiary/aromatic N) is 2. The first-order valence-electron chi connectivity index (χ1n) is 5.73. The highest BCUT2D eigenvalue weighted by atomic mass is 16.5. The van der Waals surface area contributed by atoms with E-state index in [2.05, 4.69) is 10.4 Å². The number of nitrogens with one attached hydrogen (secondary N) is 1. The summed E-state index contributed by atoms with van der Waals surface area (Å²) in [5.41, 5.74) is 9.49. The first-order chi connectivity index (χ1) is 8.52. The maximum atomic E-state index is 5.99. The molecule has 1 aromatic carbocycles. The van der Waals surface area contributed by atoms with E-state index in [9.17, 15) is 0 Å². The molecule has 0 aliphatic rings. The smallest absolute Gasteiger partial charge is 0.152 e. The van der Waals surface area contributed by atoms with Crippen LogP contribution in [0.15, 0.2) is 18.2 Å². The van der Waals surface area contributed by atoms with E-state index in [1.165, 1.54) is 0 Å². The fraction of sp³-hybridized carbons (Fsp3) is 0.308. The topological polar surface area (TPSA) is 65.1 Å². The molecule has 0 saturated heterocycles. The maximum Gasteiger partial charge on any atom is 0.152 e. The number of aromatic nitrogens is 2. The minimum Gasteiger partial charge on any atom is -0.495 e. The Kier molecular flexibility index (Phi) is 3.14. The lowest BCUT2D eigenvalue weighted by Gasteiger charge is -2.12. The predicted molar refractivity (Wildman–Crippen MR) is 73.4 cm³/mol. The third kappa shape index (κ3) is 2.11. The van der Waals surface area contributed by atoms with E-state index in [-0.39, 0.29) is 0 Å². The number of hydrogen-bond donors (Lipinski definition) is 2. The fourth-order valence-electron chi connectivity index (χ4n) is 1.87. The van der Waals surface area contributed by atoms with Crippen molar-refractivity contribution in [3.8, 4) is 5.75 Å². The number of nitrogens with two attached hydrogens (primary N) is 1. The van der Waals surface area contributed by atoms with Gasteiger partial charge in [-0.2, -0.15) is 5.10 Å². The SMILES string of the molecule is COc1ccc(C)cc1Nc1c(N)c(C)nn1C. The standard InChI is InChI=1S/C13H18N4O/c1-8-5-6-11(18-4)10(7-8)15-13-12(14)9(2)16-17(13)3/h5-7,15H,14H2,1-4H3.